The molecule has 1 N–H and O–H groups in total. The second-order valence-corrected chi connectivity index (χ2v) is 6.37. The van der Waals surface area contributed by atoms with Gasteiger partial charge >= 0.3 is 0 Å². The monoisotopic (exact) mass is 276 g/mol. The fourth-order valence-electron chi connectivity index (χ4n) is 2.96. The van der Waals surface area contributed by atoms with Crippen molar-refractivity contribution in [3.63, 3.8) is 0 Å². The molecule has 2 rings (SSSR count). The van der Waals surface area contributed by atoms with Gasteiger partial charge in [-0.1, -0.05) is 33.6 Å². The number of hydrogen-bond donors (Lipinski definition) is 1. The molecule has 0 aromatic carbocycles. The highest BCUT2D eigenvalue weighted by Crippen LogP contribution is 2.28. The number of rotatable bonds is 5. The van der Waals surface area contributed by atoms with Crippen LogP contribution in [0.1, 0.15) is 52.0 Å². The molecule has 0 spiro atoms. The van der Waals surface area contributed by atoms with E-state index in [-0.39, 0.29) is 0 Å². The lowest BCUT2D eigenvalue weighted by Gasteiger charge is -2.36. The summed E-state index contributed by atoms with van der Waals surface area (Å²) >= 11 is 0. The Morgan fingerprint density at radius 1 is 1.25 bits per heavy atom. The minimum atomic E-state index is 0.487. The Balaban J connectivity index is 1.97. The van der Waals surface area contributed by atoms with E-state index in [0.717, 1.165) is 24.0 Å². The minimum absolute atomic E-state index is 0.487. The second kappa shape index (κ2) is 7.02. The Hall–Kier alpha value is -1.16. The highest BCUT2D eigenvalue weighted by atomic mass is 15.3. The highest BCUT2D eigenvalue weighted by molar-refractivity contribution is 5.30. The molecule has 4 heteroatoms. The predicted octanol–water partition coefficient (Wildman–Crippen LogP) is 2.99. The van der Waals surface area contributed by atoms with E-state index in [1.54, 1.807) is 0 Å². The molecule has 0 saturated heterocycles. The predicted molar refractivity (Wildman–Crippen MR) is 83.8 cm³/mol. The van der Waals surface area contributed by atoms with Crippen LogP contribution in [0.15, 0.2) is 12.4 Å². The summed E-state index contributed by atoms with van der Waals surface area (Å²) in [6.45, 7) is 7.48. The molecule has 1 fully saturated rings. The summed E-state index contributed by atoms with van der Waals surface area (Å²) in [5.74, 6) is 1.59. The van der Waals surface area contributed by atoms with Gasteiger partial charge in [-0.2, -0.15) is 0 Å². The molecular formula is C16H28N4. The van der Waals surface area contributed by atoms with Crippen molar-refractivity contribution < 1.29 is 0 Å². The van der Waals surface area contributed by atoms with Crippen molar-refractivity contribution in [3.05, 3.63) is 18.0 Å². The van der Waals surface area contributed by atoms with Crippen LogP contribution in [0.5, 0.6) is 0 Å². The zero-order valence-corrected chi connectivity index (χ0v) is 13.3. The molecule has 1 aromatic heterocycles. The number of nitrogens with one attached hydrogen (secondary N) is 1. The maximum atomic E-state index is 4.54. The maximum Gasteiger partial charge on any atom is 0.225 e. The lowest BCUT2D eigenvalue weighted by molar-refractivity contribution is 0.319. The van der Waals surface area contributed by atoms with Gasteiger partial charge in [0.15, 0.2) is 0 Å². The molecule has 20 heavy (non-hydrogen) atoms. The zero-order valence-electron chi connectivity index (χ0n) is 13.3. The summed E-state index contributed by atoms with van der Waals surface area (Å²) < 4.78 is 0. The average Bonchev–Trinajstić information content (AvgIpc) is 2.45. The Labute approximate surface area is 123 Å². The van der Waals surface area contributed by atoms with Crippen LogP contribution in [0.2, 0.25) is 0 Å². The minimum Gasteiger partial charge on any atom is -0.341 e. The van der Waals surface area contributed by atoms with Crippen molar-refractivity contribution in [2.75, 3.05) is 11.9 Å². The SMILES string of the molecule is CC(C)NCc1cnc(N(C)C2CCCCC2C)nc1. The van der Waals surface area contributed by atoms with E-state index in [0.29, 0.717) is 12.1 Å². The van der Waals surface area contributed by atoms with Crippen LogP contribution in [0, 0.1) is 5.92 Å². The van der Waals surface area contributed by atoms with Gasteiger partial charge in [0.25, 0.3) is 0 Å². The Kier molecular flexibility index (Phi) is 5.35. The fourth-order valence-corrected chi connectivity index (χ4v) is 2.96. The third kappa shape index (κ3) is 3.92. The fraction of sp³-hybridized carbons (Fsp3) is 0.750. The van der Waals surface area contributed by atoms with Gasteiger partial charge in [0.1, 0.15) is 0 Å². The lowest BCUT2D eigenvalue weighted by atomic mass is 9.85. The van der Waals surface area contributed by atoms with Crippen molar-refractivity contribution in [3.8, 4) is 0 Å². The Bertz CT molecular complexity index is 401. The molecule has 0 amide bonds. The van der Waals surface area contributed by atoms with Crippen molar-refractivity contribution in [2.24, 2.45) is 5.92 Å². The molecular weight excluding hydrogens is 248 g/mol. The first-order valence-corrected chi connectivity index (χ1v) is 7.85. The van der Waals surface area contributed by atoms with E-state index in [9.17, 15) is 0 Å². The summed E-state index contributed by atoms with van der Waals surface area (Å²) in [5, 5.41) is 3.39. The van der Waals surface area contributed by atoms with Gasteiger partial charge in [0.05, 0.1) is 0 Å². The van der Waals surface area contributed by atoms with Gasteiger partial charge in [-0.25, -0.2) is 9.97 Å². The summed E-state index contributed by atoms with van der Waals surface area (Å²) in [6.07, 6.45) is 9.18. The largest absolute Gasteiger partial charge is 0.341 e. The average molecular weight is 276 g/mol. The number of anilines is 1. The van der Waals surface area contributed by atoms with Gasteiger partial charge < -0.3 is 10.2 Å². The van der Waals surface area contributed by atoms with E-state index >= 15 is 0 Å². The molecule has 1 aliphatic rings. The molecule has 0 aliphatic heterocycles. The van der Waals surface area contributed by atoms with Crippen LogP contribution < -0.4 is 10.2 Å². The standard InChI is InChI=1S/C16H28N4/c1-12(2)17-9-14-10-18-16(19-11-14)20(4)15-8-6-5-7-13(15)3/h10-13,15,17H,5-9H2,1-4H3. The van der Waals surface area contributed by atoms with E-state index in [4.69, 9.17) is 0 Å². The number of nitrogens with zero attached hydrogens (tertiary/aromatic N) is 3. The molecule has 2 atom stereocenters. The van der Waals surface area contributed by atoms with E-state index in [1.165, 1.54) is 25.7 Å². The van der Waals surface area contributed by atoms with Gasteiger partial charge in [-0.15, -0.1) is 0 Å². The van der Waals surface area contributed by atoms with E-state index < -0.39 is 0 Å². The second-order valence-electron chi connectivity index (χ2n) is 6.37. The smallest absolute Gasteiger partial charge is 0.225 e. The van der Waals surface area contributed by atoms with Crippen LogP contribution in [-0.2, 0) is 6.54 Å². The Morgan fingerprint density at radius 2 is 1.90 bits per heavy atom. The van der Waals surface area contributed by atoms with Crippen molar-refractivity contribution >= 4 is 5.95 Å². The van der Waals surface area contributed by atoms with Gasteiger partial charge in [0, 0.05) is 43.6 Å². The molecule has 0 radical (unpaired) electrons. The van der Waals surface area contributed by atoms with Crippen LogP contribution in [0.4, 0.5) is 5.95 Å². The Morgan fingerprint density at radius 3 is 2.50 bits per heavy atom. The van der Waals surface area contributed by atoms with Crippen molar-refractivity contribution in [1.82, 2.24) is 15.3 Å². The maximum absolute atomic E-state index is 4.54. The van der Waals surface area contributed by atoms with Crippen LogP contribution in [0.25, 0.3) is 0 Å². The molecule has 1 saturated carbocycles. The van der Waals surface area contributed by atoms with Gasteiger partial charge in [-0.3, -0.25) is 0 Å². The van der Waals surface area contributed by atoms with Gasteiger partial charge in [0.2, 0.25) is 5.95 Å². The van der Waals surface area contributed by atoms with Crippen LogP contribution >= 0.6 is 0 Å². The molecule has 1 aliphatic carbocycles. The van der Waals surface area contributed by atoms with Crippen LogP contribution in [0.3, 0.4) is 0 Å². The highest BCUT2D eigenvalue weighted by Gasteiger charge is 2.26. The molecule has 2 unspecified atom stereocenters. The first-order chi connectivity index (χ1) is 9.58. The van der Waals surface area contributed by atoms with E-state index in [1.807, 2.05) is 12.4 Å². The first kappa shape index (κ1) is 15.2. The summed E-state index contributed by atoms with van der Waals surface area (Å²) in [5.41, 5.74) is 1.15. The molecule has 112 valence electrons. The zero-order chi connectivity index (χ0) is 14.5. The number of aromatic nitrogens is 2. The molecule has 0 bridgehead atoms. The van der Waals surface area contributed by atoms with Crippen molar-refractivity contribution in [2.45, 2.75) is 65.1 Å². The molecule has 1 aromatic rings. The van der Waals surface area contributed by atoms with E-state index in [2.05, 4.69) is 48.0 Å². The third-order valence-corrected chi connectivity index (χ3v) is 4.29. The first-order valence-electron chi connectivity index (χ1n) is 7.85. The summed E-state index contributed by atoms with van der Waals surface area (Å²) in [6, 6.07) is 1.07. The summed E-state index contributed by atoms with van der Waals surface area (Å²) in [7, 11) is 2.13. The molecule has 1 heterocycles. The number of hydrogen-bond acceptors (Lipinski definition) is 4. The quantitative estimate of drug-likeness (QED) is 0.897. The summed E-state index contributed by atoms with van der Waals surface area (Å²) in [4.78, 5) is 11.3. The van der Waals surface area contributed by atoms with Gasteiger partial charge in [-0.05, 0) is 18.8 Å². The third-order valence-electron chi connectivity index (χ3n) is 4.29. The van der Waals surface area contributed by atoms with Crippen molar-refractivity contribution in [1.29, 1.82) is 0 Å². The van der Waals surface area contributed by atoms with Crippen LogP contribution in [-0.4, -0.2) is 29.1 Å². The topological polar surface area (TPSA) is 41.1 Å². The molecule has 4 nitrogen and oxygen atoms in total. The lowest BCUT2D eigenvalue weighted by Crippen LogP contribution is -2.39. The normalized spacial score (nSPS) is 23.1.